The molecule has 2 saturated heterocycles. The first kappa shape index (κ1) is 18.5. The van der Waals surface area contributed by atoms with E-state index in [0.29, 0.717) is 19.5 Å². The Labute approximate surface area is 164 Å². The molecule has 146 valence electrons. The maximum atomic E-state index is 12.6. The van der Waals surface area contributed by atoms with Gasteiger partial charge in [0.1, 0.15) is 0 Å². The highest BCUT2D eigenvalue weighted by Crippen LogP contribution is 2.31. The highest BCUT2D eigenvalue weighted by Gasteiger charge is 2.35. The summed E-state index contributed by atoms with van der Waals surface area (Å²) in [6, 6.07) is 13.8. The van der Waals surface area contributed by atoms with E-state index >= 15 is 0 Å². The lowest BCUT2D eigenvalue weighted by Crippen LogP contribution is -2.36. The Morgan fingerprint density at radius 2 is 1.79 bits per heavy atom. The highest BCUT2D eigenvalue weighted by atomic mass is 16.2. The normalized spacial score (nSPS) is 19.4. The molecule has 2 aromatic carbocycles. The van der Waals surface area contributed by atoms with Crippen molar-refractivity contribution in [3.8, 4) is 0 Å². The van der Waals surface area contributed by atoms with E-state index in [9.17, 15) is 14.4 Å². The molecule has 0 saturated carbocycles. The highest BCUT2D eigenvalue weighted by molar-refractivity contribution is 6.07. The van der Waals surface area contributed by atoms with Gasteiger partial charge in [0.25, 0.3) is 0 Å². The van der Waals surface area contributed by atoms with Crippen molar-refractivity contribution < 1.29 is 14.4 Å². The fourth-order valence-corrected chi connectivity index (χ4v) is 4.12. The van der Waals surface area contributed by atoms with E-state index < -0.39 is 0 Å². The van der Waals surface area contributed by atoms with Gasteiger partial charge >= 0.3 is 0 Å². The number of benzene rings is 2. The average Bonchev–Trinajstić information content (AvgIpc) is 3.37. The molecule has 2 heterocycles. The molecule has 0 bridgehead atoms. The molecule has 2 aliphatic heterocycles. The lowest BCUT2D eigenvalue weighted by atomic mass is 10.1. The van der Waals surface area contributed by atoms with Crippen molar-refractivity contribution in [1.82, 2.24) is 10.2 Å². The van der Waals surface area contributed by atoms with E-state index in [4.69, 9.17) is 0 Å². The minimum absolute atomic E-state index is 0.0374. The number of hydrogen-bond donors (Lipinski definition) is 1. The van der Waals surface area contributed by atoms with E-state index in [0.717, 1.165) is 42.4 Å². The number of nitrogens with one attached hydrogen (secondary N) is 1. The smallest absolute Gasteiger partial charge is 0.227 e. The maximum Gasteiger partial charge on any atom is 0.227 e. The second-order valence-corrected chi connectivity index (χ2v) is 7.53. The van der Waals surface area contributed by atoms with Gasteiger partial charge in [-0.05, 0) is 24.3 Å². The van der Waals surface area contributed by atoms with E-state index in [1.54, 1.807) is 4.90 Å². The molecule has 1 N–H and O–H groups in total. The third kappa shape index (κ3) is 3.72. The van der Waals surface area contributed by atoms with Gasteiger partial charge in [-0.15, -0.1) is 0 Å². The molecule has 1 unspecified atom stereocenters. The summed E-state index contributed by atoms with van der Waals surface area (Å²) in [4.78, 5) is 40.7. The minimum atomic E-state index is -0.381. The molecular formula is C22H25N3O3. The lowest BCUT2D eigenvalue weighted by Gasteiger charge is -2.19. The summed E-state index contributed by atoms with van der Waals surface area (Å²) in [6.07, 6.45) is 2.65. The minimum Gasteiger partial charge on any atom is -0.355 e. The Hall–Kier alpha value is -2.89. The summed E-state index contributed by atoms with van der Waals surface area (Å²) in [6.45, 7) is 2.35. The van der Waals surface area contributed by atoms with E-state index in [1.807, 2.05) is 47.4 Å². The number of fused-ring (bicyclic) bond motifs is 1. The van der Waals surface area contributed by atoms with Gasteiger partial charge < -0.3 is 15.1 Å². The predicted octanol–water partition coefficient (Wildman–Crippen LogP) is 2.32. The van der Waals surface area contributed by atoms with Crippen molar-refractivity contribution >= 4 is 34.2 Å². The van der Waals surface area contributed by atoms with Crippen LogP contribution in [0.3, 0.4) is 0 Å². The molecule has 2 fully saturated rings. The molecule has 4 rings (SSSR count). The fourth-order valence-electron chi connectivity index (χ4n) is 4.12. The molecule has 0 aliphatic carbocycles. The van der Waals surface area contributed by atoms with Crippen LogP contribution in [0, 0.1) is 5.92 Å². The molecule has 0 aromatic heterocycles. The number of likely N-dealkylation sites (tertiary alicyclic amines) is 1. The molecule has 2 aliphatic rings. The summed E-state index contributed by atoms with van der Waals surface area (Å²) < 4.78 is 0. The molecule has 0 spiro atoms. The number of rotatable bonds is 5. The van der Waals surface area contributed by atoms with Crippen molar-refractivity contribution in [3.05, 3.63) is 42.5 Å². The van der Waals surface area contributed by atoms with Crippen LogP contribution in [0.2, 0.25) is 0 Å². The molecule has 28 heavy (non-hydrogen) atoms. The van der Waals surface area contributed by atoms with Crippen LogP contribution in [0.4, 0.5) is 5.69 Å². The predicted molar refractivity (Wildman–Crippen MR) is 108 cm³/mol. The van der Waals surface area contributed by atoms with Gasteiger partial charge in [0, 0.05) is 44.4 Å². The Kier molecular flexibility index (Phi) is 5.28. The summed E-state index contributed by atoms with van der Waals surface area (Å²) in [5.74, 6) is -0.471. The van der Waals surface area contributed by atoms with Crippen molar-refractivity contribution in [1.29, 1.82) is 0 Å². The van der Waals surface area contributed by atoms with Gasteiger partial charge in [-0.1, -0.05) is 36.4 Å². The quantitative estimate of drug-likeness (QED) is 0.867. The number of hydrogen-bond acceptors (Lipinski definition) is 3. The largest absolute Gasteiger partial charge is 0.355 e. The van der Waals surface area contributed by atoms with Crippen LogP contribution >= 0.6 is 0 Å². The van der Waals surface area contributed by atoms with Gasteiger partial charge in [0.15, 0.2) is 0 Å². The third-order valence-electron chi connectivity index (χ3n) is 5.65. The first-order valence-electron chi connectivity index (χ1n) is 9.97. The average molecular weight is 379 g/mol. The van der Waals surface area contributed by atoms with Gasteiger partial charge in [-0.25, -0.2) is 0 Å². The van der Waals surface area contributed by atoms with Crippen LogP contribution in [0.1, 0.15) is 25.7 Å². The Bertz CT molecular complexity index is 900. The molecule has 0 radical (unpaired) electrons. The van der Waals surface area contributed by atoms with Crippen molar-refractivity contribution in [2.75, 3.05) is 31.1 Å². The van der Waals surface area contributed by atoms with E-state index in [-0.39, 0.29) is 30.1 Å². The number of carbonyl (C=O) groups is 3. The summed E-state index contributed by atoms with van der Waals surface area (Å²) in [5.41, 5.74) is 0.850. The zero-order chi connectivity index (χ0) is 19.5. The zero-order valence-corrected chi connectivity index (χ0v) is 15.9. The third-order valence-corrected chi connectivity index (χ3v) is 5.65. The van der Waals surface area contributed by atoms with Gasteiger partial charge in [0.2, 0.25) is 17.7 Å². The molecule has 3 amide bonds. The van der Waals surface area contributed by atoms with Crippen LogP contribution in [0.15, 0.2) is 42.5 Å². The maximum absolute atomic E-state index is 12.6. The van der Waals surface area contributed by atoms with E-state index in [2.05, 4.69) is 5.32 Å². The van der Waals surface area contributed by atoms with Crippen LogP contribution in [-0.4, -0.2) is 48.8 Å². The molecule has 6 nitrogen and oxygen atoms in total. The first-order valence-corrected chi connectivity index (χ1v) is 9.97. The molecule has 1 atom stereocenters. The van der Waals surface area contributed by atoms with Gasteiger partial charge in [-0.2, -0.15) is 0 Å². The number of amides is 3. The van der Waals surface area contributed by atoms with Crippen molar-refractivity contribution in [2.45, 2.75) is 25.7 Å². The van der Waals surface area contributed by atoms with Crippen molar-refractivity contribution in [2.24, 2.45) is 5.92 Å². The number of anilines is 1. The number of nitrogens with zero attached hydrogens (tertiary/aromatic N) is 2. The van der Waals surface area contributed by atoms with Crippen LogP contribution in [0.25, 0.3) is 10.8 Å². The molecule has 2 aromatic rings. The van der Waals surface area contributed by atoms with Crippen LogP contribution in [0.5, 0.6) is 0 Å². The first-order chi connectivity index (χ1) is 13.6. The summed E-state index contributed by atoms with van der Waals surface area (Å²) >= 11 is 0. The standard InChI is InChI=1S/C22H25N3O3/c26-20(24-12-3-4-13-24)10-11-23-22(28)17-14-21(27)25(15-17)19-9-5-7-16-6-1-2-8-18(16)19/h1-2,5-9,17H,3-4,10-15H2,(H,23,28). The topological polar surface area (TPSA) is 69.7 Å². The number of carbonyl (C=O) groups excluding carboxylic acids is 3. The van der Waals surface area contributed by atoms with Gasteiger partial charge in [0.05, 0.1) is 11.6 Å². The fraction of sp³-hybridized carbons (Fsp3) is 0.409. The lowest BCUT2D eigenvalue weighted by molar-refractivity contribution is -0.130. The molecule has 6 heteroatoms. The van der Waals surface area contributed by atoms with Crippen LogP contribution < -0.4 is 10.2 Å². The molecular weight excluding hydrogens is 354 g/mol. The van der Waals surface area contributed by atoms with Crippen LogP contribution in [-0.2, 0) is 14.4 Å². The second kappa shape index (κ2) is 8.00. The monoisotopic (exact) mass is 379 g/mol. The summed E-state index contributed by atoms with van der Waals surface area (Å²) in [7, 11) is 0. The Morgan fingerprint density at radius 3 is 2.61 bits per heavy atom. The summed E-state index contributed by atoms with van der Waals surface area (Å²) in [5, 5.41) is 4.92. The van der Waals surface area contributed by atoms with Crippen molar-refractivity contribution in [3.63, 3.8) is 0 Å². The SMILES string of the molecule is O=C(NCCC(=O)N1CCCC1)C1CC(=O)N(c2cccc3ccccc23)C1. The van der Waals surface area contributed by atoms with E-state index in [1.165, 1.54) is 0 Å². The second-order valence-electron chi connectivity index (χ2n) is 7.53. The van der Waals surface area contributed by atoms with Gasteiger partial charge in [-0.3, -0.25) is 14.4 Å². The zero-order valence-electron chi connectivity index (χ0n) is 15.9. The Balaban J connectivity index is 1.36. The Morgan fingerprint density at radius 1 is 1.04 bits per heavy atom.